The molecule has 0 aliphatic heterocycles. The van der Waals surface area contributed by atoms with Gasteiger partial charge in [-0.1, -0.05) is 18.2 Å². The molecule has 0 bridgehead atoms. The second-order valence-electron chi connectivity index (χ2n) is 6.47. The van der Waals surface area contributed by atoms with Crippen LogP contribution in [0.5, 0.6) is 11.5 Å². The topological polar surface area (TPSA) is 105 Å². The molecule has 0 aromatic heterocycles. The lowest BCUT2D eigenvalue weighted by Gasteiger charge is -2.27. The third-order valence-corrected chi connectivity index (χ3v) is 4.67. The van der Waals surface area contributed by atoms with Crippen LogP contribution in [0.25, 0.3) is 0 Å². The highest BCUT2D eigenvalue weighted by Crippen LogP contribution is 2.27. The Balaban J connectivity index is 2.41. The molecule has 0 spiro atoms. The number of hydrogen-bond acceptors (Lipinski definition) is 5. The number of nitrogens with one attached hydrogen (secondary N) is 1. The van der Waals surface area contributed by atoms with Crippen LogP contribution in [0.3, 0.4) is 0 Å². The summed E-state index contributed by atoms with van der Waals surface area (Å²) in [5.74, 6) is 0.632. The second kappa shape index (κ2) is 10.5. The van der Waals surface area contributed by atoms with Crippen molar-refractivity contribution in [2.45, 2.75) is 26.1 Å². The number of nitrogens with zero attached hydrogens (tertiary/aromatic N) is 1. The predicted octanol–water partition coefficient (Wildman–Crippen LogP) is 3.27. The van der Waals surface area contributed by atoms with Crippen molar-refractivity contribution in [2.75, 3.05) is 14.2 Å². The molecule has 0 radical (unpaired) electrons. The van der Waals surface area contributed by atoms with Crippen molar-refractivity contribution >= 4 is 28.8 Å². The number of carbonyl (C=O) groups excluding carboxylic acids is 2. The molecule has 2 N–H and O–H groups in total. The monoisotopic (exact) mass is 434 g/mol. The van der Waals surface area contributed by atoms with Gasteiger partial charge in [0.2, 0.25) is 5.91 Å². The van der Waals surface area contributed by atoms with E-state index < -0.39 is 23.3 Å². The standard InChI is InChI=1S/C21H23ClN2O6/c1-13(23-21(27)28)20(26)24(11-14-6-4-5-7-17(14)19(22)25)12-15-8-9-16(29-2)10-18(15)30-3/h4-10,13,23H,11-12H2,1-3H3,(H,27,28). The fourth-order valence-electron chi connectivity index (χ4n) is 2.98. The van der Waals surface area contributed by atoms with Crippen LogP contribution in [-0.2, 0) is 17.9 Å². The number of carboxylic acid groups (broad SMARTS) is 1. The summed E-state index contributed by atoms with van der Waals surface area (Å²) in [5.41, 5.74) is 1.50. The fraction of sp³-hybridized carbons (Fsp3) is 0.286. The highest BCUT2D eigenvalue weighted by molar-refractivity contribution is 6.67. The van der Waals surface area contributed by atoms with E-state index >= 15 is 0 Å². The number of ether oxygens (including phenoxy) is 2. The summed E-state index contributed by atoms with van der Waals surface area (Å²) in [6.07, 6.45) is -1.31. The summed E-state index contributed by atoms with van der Waals surface area (Å²) in [5, 5.41) is 10.5. The molecule has 0 heterocycles. The van der Waals surface area contributed by atoms with E-state index in [2.05, 4.69) is 5.32 Å². The zero-order valence-corrected chi connectivity index (χ0v) is 17.6. The van der Waals surface area contributed by atoms with E-state index in [0.29, 0.717) is 22.6 Å². The number of halogens is 1. The molecular formula is C21H23ClN2O6. The summed E-state index contributed by atoms with van der Waals surface area (Å²) in [4.78, 5) is 37.2. The number of rotatable bonds is 9. The van der Waals surface area contributed by atoms with E-state index in [1.165, 1.54) is 26.0 Å². The van der Waals surface area contributed by atoms with E-state index in [-0.39, 0.29) is 18.7 Å². The van der Waals surface area contributed by atoms with Gasteiger partial charge in [0.05, 0.1) is 14.2 Å². The summed E-state index contributed by atoms with van der Waals surface area (Å²) in [6, 6.07) is 10.8. The molecule has 8 nitrogen and oxygen atoms in total. The van der Waals surface area contributed by atoms with E-state index in [9.17, 15) is 14.4 Å². The lowest BCUT2D eigenvalue weighted by molar-refractivity contribution is -0.134. The number of amides is 2. The van der Waals surface area contributed by atoms with Crippen LogP contribution in [0.1, 0.15) is 28.4 Å². The first-order valence-corrected chi connectivity index (χ1v) is 9.41. The molecule has 0 aliphatic rings. The Hall–Kier alpha value is -3.26. The first-order valence-electron chi connectivity index (χ1n) is 9.03. The Labute approximate surface area is 179 Å². The van der Waals surface area contributed by atoms with Crippen molar-refractivity contribution in [2.24, 2.45) is 0 Å². The number of hydrogen-bond donors (Lipinski definition) is 2. The average molecular weight is 435 g/mol. The quantitative estimate of drug-likeness (QED) is 0.587. The second-order valence-corrected chi connectivity index (χ2v) is 6.82. The van der Waals surface area contributed by atoms with Crippen LogP contribution in [0.15, 0.2) is 42.5 Å². The highest BCUT2D eigenvalue weighted by Gasteiger charge is 2.25. The van der Waals surface area contributed by atoms with Crippen molar-refractivity contribution in [3.05, 3.63) is 59.2 Å². The summed E-state index contributed by atoms with van der Waals surface area (Å²) in [7, 11) is 3.03. The van der Waals surface area contributed by atoms with E-state index in [1.807, 2.05) is 0 Å². The minimum atomic E-state index is -1.31. The van der Waals surface area contributed by atoms with Gasteiger partial charge in [-0.15, -0.1) is 0 Å². The molecule has 2 aromatic carbocycles. The van der Waals surface area contributed by atoms with Crippen LogP contribution < -0.4 is 14.8 Å². The van der Waals surface area contributed by atoms with Gasteiger partial charge in [0.1, 0.15) is 17.5 Å². The van der Waals surface area contributed by atoms with Crippen LogP contribution in [-0.4, -0.2) is 47.5 Å². The minimum absolute atomic E-state index is 0.0499. The van der Waals surface area contributed by atoms with E-state index in [4.69, 9.17) is 26.2 Å². The SMILES string of the molecule is COc1ccc(CN(Cc2ccccc2C(=O)Cl)C(=O)C(C)NC(=O)O)c(OC)c1. The molecule has 1 unspecified atom stereocenters. The Bertz CT molecular complexity index is 933. The Kier molecular flexibility index (Phi) is 8.06. The third kappa shape index (κ3) is 5.87. The molecule has 9 heteroatoms. The third-order valence-electron chi connectivity index (χ3n) is 4.47. The predicted molar refractivity (Wildman–Crippen MR) is 111 cm³/mol. The zero-order valence-electron chi connectivity index (χ0n) is 16.8. The van der Waals surface area contributed by atoms with Gasteiger partial charge in [-0.05, 0) is 42.3 Å². The maximum Gasteiger partial charge on any atom is 0.405 e. The van der Waals surface area contributed by atoms with Crippen LogP contribution in [0.2, 0.25) is 0 Å². The van der Waals surface area contributed by atoms with Crippen molar-refractivity contribution in [3.63, 3.8) is 0 Å². The smallest absolute Gasteiger partial charge is 0.405 e. The molecule has 30 heavy (non-hydrogen) atoms. The maximum absolute atomic E-state index is 13.0. The normalized spacial score (nSPS) is 11.3. The Morgan fingerprint density at radius 2 is 1.73 bits per heavy atom. The molecule has 2 amide bonds. The fourth-order valence-corrected chi connectivity index (χ4v) is 3.16. The molecule has 2 rings (SSSR count). The van der Waals surface area contributed by atoms with E-state index in [1.54, 1.807) is 42.5 Å². The number of methoxy groups -OCH3 is 2. The van der Waals surface area contributed by atoms with Gasteiger partial charge in [0.25, 0.3) is 5.24 Å². The van der Waals surface area contributed by atoms with Crippen LogP contribution in [0.4, 0.5) is 4.79 Å². The molecule has 0 fully saturated rings. The average Bonchev–Trinajstić information content (AvgIpc) is 2.72. The zero-order chi connectivity index (χ0) is 22.3. The largest absolute Gasteiger partial charge is 0.497 e. The molecular weight excluding hydrogens is 412 g/mol. The highest BCUT2D eigenvalue weighted by atomic mass is 35.5. The number of benzene rings is 2. The van der Waals surface area contributed by atoms with Gasteiger partial charge in [-0.2, -0.15) is 0 Å². The van der Waals surface area contributed by atoms with Crippen molar-refractivity contribution in [3.8, 4) is 11.5 Å². The lowest BCUT2D eigenvalue weighted by atomic mass is 10.1. The first kappa shape index (κ1) is 23.0. The summed E-state index contributed by atoms with van der Waals surface area (Å²) in [6.45, 7) is 1.62. The maximum atomic E-state index is 13.0. The van der Waals surface area contributed by atoms with Crippen LogP contribution >= 0.6 is 11.6 Å². The van der Waals surface area contributed by atoms with Gasteiger partial charge in [-0.3, -0.25) is 9.59 Å². The van der Waals surface area contributed by atoms with Gasteiger partial charge >= 0.3 is 6.09 Å². The van der Waals surface area contributed by atoms with E-state index in [0.717, 1.165) is 0 Å². The molecule has 160 valence electrons. The Morgan fingerprint density at radius 3 is 2.33 bits per heavy atom. The Morgan fingerprint density at radius 1 is 1.07 bits per heavy atom. The lowest BCUT2D eigenvalue weighted by Crippen LogP contribution is -2.46. The van der Waals surface area contributed by atoms with Crippen molar-refractivity contribution in [1.82, 2.24) is 10.2 Å². The minimum Gasteiger partial charge on any atom is -0.497 e. The van der Waals surface area contributed by atoms with Gasteiger partial charge in [-0.25, -0.2) is 4.79 Å². The van der Waals surface area contributed by atoms with Gasteiger partial charge in [0, 0.05) is 30.3 Å². The van der Waals surface area contributed by atoms with Crippen LogP contribution in [0, 0.1) is 0 Å². The summed E-state index contributed by atoms with van der Waals surface area (Å²) < 4.78 is 10.6. The molecule has 0 saturated carbocycles. The molecule has 0 aliphatic carbocycles. The van der Waals surface area contributed by atoms with Gasteiger partial charge in [0.15, 0.2) is 0 Å². The number of carbonyl (C=O) groups is 3. The molecule has 0 saturated heterocycles. The van der Waals surface area contributed by atoms with Gasteiger partial charge < -0.3 is 24.8 Å². The summed E-state index contributed by atoms with van der Waals surface area (Å²) >= 11 is 5.68. The molecule has 2 aromatic rings. The van der Waals surface area contributed by atoms with Crippen molar-refractivity contribution in [1.29, 1.82) is 0 Å². The van der Waals surface area contributed by atoms with Crippen molar-refractivity contribution < 1.29 is 29.0 Å². The molecule has 1 atom stereocenters. The first-order chi connectivity index (χ1) is 14.3.